The van der Waals surface area contributed by atoms with Crippen LogP contribution in [0.15, 0.2) is 0 Å². The molecule has 0 spiro atoms. The van der Waals surface area contributed by atoms with E-state index in [1.165, 1.54) is 0 Å². The van der Waals surface area contributed by atoms with Gasteiger partial charge in [-0.1, -0.05) is 27.7 Å². The Morgan fingerprint density at radius 1 is 1.00 bits per heavy atom. The Hall–Kier alpha value is -0.610. The van der Waals surface area contributed by atoms with Crippen molar-refractivity contribution in [3.8, 4) is 0 Å². The molecular weight excluding hydrogens is 228 g/mol. The Bertz CT molecular complexity index is 179. The van der Waals surface area contributed by atoms with E-state index in [4.69, 9.17) is 4.74 Å². The van der Waals surface area contributed by atoms with Crippen LogP contribution in [0.2, 0.25) is 0 Å². The topological polar surface area (TPSA) is 64.5 Å². The highest BCUT2D eigenvalue weighted by Gasteiger charge is 2.34. The van der Waals surface area contributed by atoms with Crippen LogP contribution in [0.4, 0.5) is 0 Å². The molecule has 0 heterocycles. The molecule has 0 aromatic carbocycles. The number of esters is 1. The molecule has 0 aliphatic carbocycles. The standard InChI is InChI=1S/C11H22O2.C3H9N.H3N/c1-5-9-13-10(12)11(6-2,7-3)8-4;1-4(2)3;/h5-9H2,1-4H3;1-3H3;1H3. The Labute approximate surface area is 114 Å². The van der Waals surface area contributed by atoms with E-state index in [-0.39, 0.29) is 17.5 Å². The van der Waals surface area contributed by atoms with Crippen molar-refractivity contribution in [1.29, 1.82) is 0 Å². The lowest BCUT2D eigenvalue weighted by Gasteiger charge is -2.27. The fourth-order valence-electron chi connectivity index (χ4n) is 1.53. The van der Waals surface area contributed by atoms with E-state index in [2.05, 4.69) is 20.8 Å². The third-order valence-corrected chi connectivity index (χ3v) is 2.90. The summed E-state index contributed by atoms with van der Waals surface area (Å²) >= 11 is 0. The molecule has 18 heavy (non-hydrogen) atoms. The van der Waals surface area contributed by atoms with E-state index < -0.39 is 0 Å². The summed E-state index contributed by atoms with van der Waals surface area (Å²) in [6, 6.07) is 0. The third kappa shape index (κ3) is 9.42. The van der Waals surface area contributed by atoms with Crippen LogP contribution in [0.3, 0.4) is 0 Å². The number of carbonyl (C=O) groups excluding carboxylic acids is 1. The van der Waals surface area contributed by atoms with Gasteiger partial charge in [0.25, 0.3) is 0 Å². The number of carbonyl (C=O) groups is 1. The Morgan fingerprint density at radius 3 is 1.56 bits per heavy atom. The molecule has 0 saturated heterocycles. The van der Waals surface area contributed by atoms with Crippen LogP contribution in [0.25, 0.3) is 0 Å². The SMILES string of the molecule is CCCOC(=O)C(CC)(CC)CC.CN(C)C.N. The van der Waals surface area contributed by atoms with Gasteiger partial charge >= 0.3 is 5.97 Å². The summed E-state index contributed by atoms with van der Waals surface area (Å²) in [5.74, 6) is -0.0122. The number of hydrogen-bond acceptors (Lipinski definition) is 4. The van der Waals surface area contributed by atoms with Crippen LogP contribution in [0.1, 0.15) is 53.4 Å². The van der Waals surface area contributed by atoms with Gasteiger partial charge in [0.2, 0.25) is 0 Å². The van der Waals surface area contributed by atoms with Crippen molar-refractivity contribution in [3.63, 3.8) is 0 Å². The van der Waals surface area contributed by atoms with Crippen molar-refractivity contribution in [1.82, 2.24) is 11.1 Å². The minimum Gasteiger partial charge on any atom is -0.465 e. The summed E-state index contributed by atoms with van der Waals surface area (Å²) in [7, 11) is 6.00. The summed E-state index contributed by atoms with van der Waals surface area (Å²) in [6.45, 7) is 8.74. The molecule has 0 radical (unpaired) electrons. The van der Waals surface area contributed by atoms with Crippen LogP contribution in [0, 0.1) is 5.41 Å². The molecule has 0 aliphatic heterocycles. The van der Waals surface area contributed by atoms with E-state index in [0.717, 1.165) is 25.7 Å². The van der Waals surface area contributed by atoms with E-state index in [1.54, 1.807) is 0 Å². The maximum atomic E-state index is 11.7. The summed E-state index contributed by atoms with van der Waals surface area (Å²) in [4.78, 5) is 13.7. The van der Waals surface area contributed by atoms with Crippen molar-refractivity contribution in [2.75, 3.05) is 27.7 Å². The lowest BCUT2D eigenvalue weighted by Crippen LogP contribution is -2.31. The molecule has 0 aliphatic rings. The fourth-order valence-corrected chi connectivity index (χ4v) is 1.53. The third-order valence-electron chi connectivity index (χ3n) is 2.90. The molecule has 0 saturated carbocycles. The van der Waals surface area contributed by atoms with Crippen LogP contribution < -0.4 is 6.15 Å². The van der Waals surface area contributed by atoms with Crippen LogP contribution in [-0.2, 0) is 9.53 Å². The molecule has 0 rings (SSSR count). The lowest BCUT2D eigenvalue weighted by molar-refractivity contribution is -0.156. The highest BCUT2D eigenvalue weighted by atomic mass is 16.5. The first kappa shape index (κ1) is 22.6. The summed E-state index contributed by atoms with van der Waals surface area (Å²) in [5, 5.41) is 0. The van der Waals surface area contributed by atoms with Gasteiger partial charge in [0.05, 0.1) is 12.0 Å². The molecular formula is C14H34N2O2. The van der Waals surface area contributed by atoms with Crippen LogP contribution >= 0.6 is 0 Å². The predicted octanol–water partition coefficient (Wildman–Crippen LogP) is 3.50. The largest absolute Gasteiger partial charge is 0.465 e. The lowest BCUT2D eigenvalue weighted by atomic mass is 9.80. The second kappa shape index (κ2) is 12.8. The number of nitrogens with zero attached hydrogens (tertiary/aromatic N) is 1. The molecule has 0 aromatic heterocycles. The van der Waals surface area contributed by atoms with Gasteiger partial charge in [0.15, 0.2) is 0 Å². The Morgan fingerprint density at radius 2 is 1.33 bits per heavy atom. The van der Waals surface area contributed by atoms with Gasteiger partial charge in [-0.05, 0) is 46.8 Å². The highest BCUT2D eigenvalue weighted by Crippen LogP contribution is 2.31. The average Bonchev–Trinajstić information content (AvgIpc) is 2.28. The van der Waals surface area contributed by atoms with Crippen molar-refractivity contribution in [3.05, 3.63) is 0 Å². The quantitative estimate of drug-likeness (QED) is 0.744. The number of ether oxygens (including phenoxy) is 1. The predicted molar refractivity (Wildman–Crippen MR) is 79.2 cm³/mol. The average molecular weight is 262 g/mol. The van der Waals surface area contributed by atoms with Gasteiger partial charge < -0.3 is 15.8 Å². The molecule has 0 bridgehead atoms. The molecule has 4 nitrogen and oxygen atoms in total. The Kier molecular flexibility index (Phi) is 16.1. The molecule has 0 atom stereocenters. The van der Waals surface area contributed by atoms with Crippen molar-refractivity contribution >= 4 is 5.97 Å². The first-order valence-corrected chi connectivity index (χ1v) is 6.68. The van der Waals surface area contributed by atoms with Gasteiger partial charge in [0, 0.05) is 0 Å². The molecule has 0 aromatic rings. The zero-order chi connectivity index (χ0) is 13.9. The molecule has 4 heteroatoms. The van der Waals surface area contributed by atoms with E-state index >= 15 is 0 Å². The van der Waals surface area contributed by atoms with Gasteiger partial charge in [-0.2, -0.15) is 0 Å². The van der Waals surface area contributed by atoms with Gasteiger partial charge in [-0.15, -0.1) is 0 Å². The number of hydrogen-bond donors (Lipinski definition) is 1. The monoisotopic (exact) mass is 262 g/mol. The summed E-state index contributed by atoms with van der Waals surface area (Å²) in [6.07, 6.45) is 3.53. The summed E-state index contributed by atoms with van der Waals surface area (Å²) in [5.41, 5.74) is -0.227. The minimum atomic E-state index is -0.227. The molecule has 112 valence electrons. The molecule has 0 fully saturated rings. The fraction of sp³-hybridized carbons (Fsp3) is 0.929. The molecule has 0 amide bonds. The van der Waals surface area contributed by atoms with E-state index in [9.17, 15) is 4.79 Å². The van der Waals surface area contributed by atoms with Gasteiger partial charge in [-0.3, -0.25) is 4.79 Å². The second-order valence-electron chi connectivity index (χ2n) is 4.82. The maximum absolute atomic E-state index is 11.7. The van der Waals surface area contributed by atoms with Crippen LogP contribution in [-0.4, -0.2) is 38.6 Å². The van der Waals surface area contributed by atoms with Crippen molar-refractivity contribution < 1.29 is 9.53 Å². The van der Waals surface area contributed by atoms with Crippen LogP contribution in [0.5, 0.6) is 0 Å². The van der Waals surface area contributed by atoms with Crippen molar-refractivity contribution in [2.45, 2.75) is 53.4 Å². The van der Waals surface area contributed by atoms with Gasteiger partial charge in [-0.25, -0.2) is 0 Å². The number of rotatable bonds is 6. The second-order valence-corrected chi connectivity index (χ2v) is 4.82. The molecule has 0 unspecified atom stereocenters. The zero-order valence-electron chi connectivity index (χ0n) is 13.5. The Balaban J connectivity index is -0.000000392. The minimum absolute atomic E-state index is 0. The first-order chi connectivity index (χ1) is 7.90. The smallest absolute Gasteiger partial charge is 0.312 e. The van der Waals surface area contributed by atoms with E-state index in [0.29, 0.717) is 6.61 Å². The summed E-state index contributed by atoms with van der Waals surface area (Å²) < 4.78 is 5.19. The van der Waals surface area contributed by atoms with E-state index in [1.807, 2.05) is 33.0 Å². The zero-order valence-corrected chi connectivity index (χ0v) is 13.5. The first-order valence-electron chi connectivity index (χ1n) is 6.68. The maximum Gasteiger partial charge on any atom is 0.312 e. The molecule has 3 N–H and O–H groups in total. The van der Waals surface area contributed by atoms with Crippen molar-refractivity contribution in [2.24, 2.45) is 5.41 Å². The van der Waals surface area contributed by atoms with Gasteiger partial charge in [0.1, 0.15) is 0 Å². The highest BCUT2D eigenvalue weighted by molar-refractivity contribution is 5.76. The normalized spacial score (nSPS) is 10.2.